The van der Waals surface area contributed by atoms with Crippen LogP contribution in [0.3, 0.4) is 0 Å². The van der Waals surface area contributed by atoms with E-state index in [0.717, 1.165) is 27.8 Å². The second-order valence-corrected chi connectivity index (χ2v) is 6.16. The minimum atomic E-state index is -0.113. The molecule has 2 nitrogen and oxygen atoms in total. The topological polar surface area (TPSA) is 29.1 Å². The van der Waals surface area contributed by atoms with Crippen LogP contribution < -0.4 is 5.32 Å². The Labute approximate surface area is 142 Å². The van der Waals surface area contributed by atoms with E-state index in [1.807, 2.05) is 44.2 Å². The first kappa shape index (κ1) is 16.0. The van der Waals surface area contributed by atoms with Gasteiger partial charge in [0.15, 0.2) is 0 Å². The van der Waals surface area contributed by atoms with E-state index in [9.17, 15) is 4.79 Å². The third-order valence-corrected chi connectivity index (χ3v) is 4.16. The summed E-state index contributed by atoms with van der Waals surface area (Å²) in [6.45, 7) is 6.10. The molecule has 1 N–H and O–H groups in total. The molecule has 0 heterocycles. The van der Waals surface area contributed by atoms with Gasteiger partial charge < -0.3 is 5.32 Å². The summed E-state index contributed by atoms with van der Waals surface area (Å²) in [5.74, 6) is -0.113. The normalized spacial score (nSPS) is 11.1. The van der Waals surface area contributed by atoms with Gasteiger partial charge in [-0.1, -0.05) is 60.2 Å². The Kier molecular flexibility index (Phi) is 4.48. The molecule has 0 saturated carbocycles. The Hall–Kier alpha value is -2.87. The van der Waals surface area contributed by atoms with Crippen LogP contribution in [0.25, 0.3) is 16.8 Å². The van der Waals surface area contributed by atoms with Gasteiger partial charge in [-0.05, 0) is 54.3 Å². The van der Waals surface area contributed by atoms with Gasteiger partial charge in [-0.2, -0.15) is 0 Å². The zero-order valence-corrected chi connectivity index (χ0v) is 14.3. The number of benzene rings is 3. The van der Waals surface area contributed by atoms with Gasteiger partial charge >= 0.3 is 0 Å². The van der Waals surface area contributed by atoms with E-state index in [-0.39, 0.29) is 5.91 Å². The predicted molar refractivity (Wildman–Crippen MR) is 102 cm³/mol. The van der Waals surface area contributed by atoms with Crippen LogP contribution in [0, 0.1) is 20.8 Å². The van der Waals surface area contributed by atoms with Crippen molar-refractivity contribution in [1.29, 1.82) is 0 Å². The van der Waals surface area contributed by atoms with Crippen LogP contribution in [-0.4, -0.2) is 5.91 Å². The van der Waals surface area contributed by atoms with Gasteiger partial charge in [-0.15, -0.1) is 0 Å². The molecule has 1 amide bonds. The molecule has 0 bridgehead atoms. The first-order valence-corrected chi connectivity index (χ1v) is 8.09. The van der Waals surface area contributed by atoms with Crippen LogP contribution in [0.15, 0.2) is 60.7 Å². The lowest BCUT2D eigenvalue weighted by molar-refractivity contribution is -0.111. The third kappa shape index (κ3) is 3.38. The van der Waals surface area contributed by atoms with Crippen molar-refractivity contribution in [1.82, 2.24) is 0 Å². The van der Waals surface area contributed by atoms with Crippen LogP contribution >= 0.6 is 0 Å². The van der Waals surface area contributed by atoms with Crippen molar-refractivity contribution in [3.63, 3.8) is 0 Å². The van der Waals surface area contributed by atoms with Gasteiger partial charge in [0.1, 0.15) is 0 Å². The molecule has 0 fully saturated rings. The number of rotatable bonds is 3. The Bertz CT molecular complexity index is 909. The molecule has 120 valence electrons. The van der Waals surface area contributed by atoms with Crippen LogP contribution in [0.2, 0.25) is 0 Å². The number of amides is 1. The summed E-state index contributed by atoms with van der Waals surface area (Å²) in [7, 11) is 0. The molecule has 24 heavy (non-hydrogen) atoms. The molecule has 0 spiro atoms. The Morgan fingerprint density at radius 2 is 1.58 bits per heavy atom. The average molecular weight is 315 g/mol. The van der Waals surface area contributed by atoms with Crippen LogP contribution in [0.4, 0.5) is 5.69 Å². The molecule has 0 aliphatic heterocycles. The maximum atomic E-state index is 12.3. The molecular weight excluding hydrogens is 294 g/mol. The minimum absolute atomic E-state index is 0.113. The average Bonchev–Trinajstić information content (AvgIpc) is 2.56. The van der Waals surface area contributed by atoms with E-state index in [0.29, 0.717) is 0 Å². The monoisotopic (exact) mass is 315 g/mol. The van der Waals surface area contributed by atoms with E-state index >= 15 is 0 Å². The summed E-state index contributed by atoms with van der Waals surface area (Å²) < 4.78 is 0. The molecule has 3 aromatic rings. The van der Waals surface area contributed by atoms with Crippen molar-refractivity contribution in [3.05, 3.63) is 82.9 Å². The molecule has 0 radical (unpaired) electrons. The van der Waals surface area contributed by atoms with Crippen molar-refractivity contribution >= 4 is 28.4 Å². The summed E-state index contributed by atoms with van der Waals surface area (Å²) in [4.78, 5) is 12.3. The zero-order valence-electron chi connectivity index (χ0n) is 14.3. The Morgan fingerprint density at radius 3 is 2.33 bits per heavy atom. The highest BCUT2D eigenvalue weighted by Crippen LogP contribution is 2.22. The van der Waals surface area contributed by atoms with Crippen molar-refractivity contribution < 1.29 is 4.79 Å². The summed E-state index contributed by atoms with van der Waals surface area (Å²) in [6.07, 6.45) is 3.47. The van der Waals surface area contributed by atoms with Crippen molar-refractivity contribution in [2.24, 2.45) is 0 Å². The van der Waals surface area contributed by atoms with Crippen LogP contribution in [-0.2, 0) is 4.79 Å². The fourth-order valence-corrected chi connectivity index (χ4v) is 3.10. The summed E-state index contributed by atoms with van der Waals surface area (Å²) in [5, 5.41) is 5.31. The third-order valence-electron chi connectivity index (χ3n) is 4.16. The van der Waals surface area contributed by atoms with E-state index in [4.69, 9.17) is 0 Å². The van der Waals surface area contributed by atoms with Crippen LogP contribution in [0.5, 0.6) is 0 Å². The number of fused-ring (bicyclic) bond motifs is 1. The maximum absolute atomic E-state index is 12.3. The van der Waals surface area contributed by atoms with E-state index in [2.05, 4.69) is 42.6 Å². The second-order valence-electron chi connectivity index (χ2n) is 6.16. The quantitative estimate of drug-likeness (QED) is 0.643. The standard InChI is InChI=1S/C22H21NO/c1-15-13-16(2)22(17(3)14-15)23-21(24)12-11-19-9-6-8-18-7-4-5-10-20(18)19/h4-14H,1-3H3,(H,23,24)/b12-11+. The van der Waals surface area contributed by atoms with Crippen molar-refractivity contribution in [2.45, 2.75) is 20.8 Å². The Balaban J connectivity index is 1.83. The highest BCUT2D eigenvalue weighted by atomic mass is 16.1. The van der Waals surface area contributed by atoms with Gasteiger partial charge in [0.2, 0.25) is 5.91 Å². The van der Waals surface area contributed by atoms with Gasteiger partial charge in [0.25, 0.3) is 0 Å². The molecule has 2 heteroatoms. The van der Waals surface area contributed by atoms with Gasteiger partial charge in [0, 0.05) is 11.8 Å². The fourth-order valence-electron chi connectivity index (χ4n) is 3.10. The molecule has 0 aliphatic carbocycles. The molecule has 0 unspecified atom stereocenters. The lowest BCUT2D eigenvalue weighted by atomic mass is 10.0. The second kappa shape index (κ2) is 6.71. The predicted octanol–water partition coefficient (Wildman–Crippen LogP) is 5.42. The fraction of sp³-hybridized carbons (Fsp3) is 0.136. The van der Waals surface area contributed by atoms with Crippen molar-refractivity contribution in [2.75, 3.05) is 5.32 Å². The smallest absolute Gasteiger partial charge is 0.248 e. The van der Waals surface area contributed by atoms with Gasteiger partial charge in [-0.3, -0.25) is 4.79 Å². The van der Waals surface area contributed by atoms with Gasteiger partial charge in [-0.25, -0.2) is 0 Å². The number of anilines is 1. The molecule has 0 saturated heterocycles. The van der Waals surface area contributed by atoms with Crippen LogP contribution in [0.1, 0.15) is 22.3 Å². The number of carbonyl (C=O) groups is 1. The summed E-state index contributed by atoms with van der Waals surface area (Å²) in [5.41, 5.74) is 5.31. The lowest BCUT2D eigenvalue weighted by Gasteiger charge is -2.11. The number of carbonyl (C=O) groups excluding carboxylic acids is 1. The Morgan fingerprint density at radius 1 is 0.917 bits per heavy atom. The van der Waals surface area contributed by atoms with Gasteiger partial charge in [0.05, 0.1) is 0 Å². The molecular formula is C22H21NO. The van der Waals surface area contributed by atoms with Crippen molar-refractivity contribution in [3.8, 4) is 0 Å². The highest BCUT2D eigenvalue weighted by Gasteiger charge is 2.06. The number of hydrogen-bond acceptors (Lipinski definition) is 1. The lowest BCUT2D eigenvalue weighted by Crippen LogP contribution is -2.10. The maximum Gasteiger partial charge on any atom is 0.248 e. The molecule has 0 atom stereocenters. The van der Waals surface area contributed by atoms with E-state index < -0.39 is 0 Å². The van der Waals surface area contributed by atoms with E-state index in [1.54, 1.807) is 6.08 Å². The number of aryl methyl sites for hydroxylation is 3. The summed E-state index contributed by atoms with van der Waals surface area (Å²) in [6, 6.07) is 18.4. The summed E-state index contributed by atoms with van der Waals surface area (Å²) >= 11 is 0. The zero-order chi connectivity index (χ0) is 17.1. The largest absolute Gasteiger partial charge is 0.322 e. The first-order chi connectivity index (χ1) is 11.5. The molecule has 0 aliphatic rings. The number of hydrogen-bond donors (Lipinski definition) is 1. The number of nitrogens with one attached hydrogen (secondary N) is 1. The molecule has 3 rings (SSSR count). The SMILES string of the molecule is Cc1cc(C)c(NC(=O)/C=C/c2cccc3ccccc23)c(C)c1. The molecule has 3 aromatic carbocycles. The molecule has 0 aromatic heterocycles. The highest BCUT2D eigenvalue weighted by molar-refractivity contribution is 6.04. The minimum Gasteiger partial charge on any atom is -0.322 e. The first-order valence-electron chi connectivity index (χ1n) is 8.09. The van der Waals surface area contributed by atoms with E-state index in [1.165, 1.54) is 10.9 Å².